The van der Waals surface area contributed by atoms with Gasteiger partial charge in [-0.15, -0.1) is 0 Å². The van der Waals surface area contributed by atoms with Crippen molar-refractivity contribution in [3.8, 4) is 0 Å². The molecule has 0 aliphatic carbocycles. The molecule has 2 aliphatic rings. The van der Waals surface area contributed by atoms with E-state index in [0.717, 1.165) is 5.56 Å². The minimum atomic E-state index is -0.758. The second-order valence-electron chi connectivity index (χ2n) is 7.41. The molecule has 0 saturated carbocycles. The number of nitrogens with two attached hydrogens (primary N) is 1. The highest BCUT2D eigenvalue weighted by atomic mass is 19.1. The van der Waals surface area contributed by atoms with E-state index in [2.05, 4.69) is 20.6 Å². The fraction of sp³-hybridized carbons (Fsp3) is 0.368. The van der Waals surface area contributed by atoms with Gasteiger partial charge in [-0.25, -0.2) is 14.1 Å². The fourth-order valence-corrected chi connectivity index (χ4v) is 3.80. The van der Waals surface area contributed by atoms with Gasteiger partial charge in [-0.3, -0.25) is 20.9 Å². The number of amides is 1. The Hall–Kier alpha value is -3.31. The van der Waals surface area contributed by atoms with E-state index < -0.39 is 6.29 Å². The number of hydrogen-bond donors (Lipinski definition) is 2. The first-order valence-electron chi connectivity index (χ1n) is 9.56. The van der Waals surface area contributed by atoms with Crippen LogP contribution in [-0.4, -0.2) is 43.5 Å². The third-order valence-corrected chi connectivity index (χ3v) is 5.41. The van der Waals surface area contributed by atoms with Crippen LogP contribution >= 0.6 is 0 Å². The van der Waals surface area contributed by atoms with Crippen LogP contribution in [0, 0.1) is 12.7 Å². The molecule has 30 heavy (non-hydrogen) atoms. The van der Waals surface area contributed by atoms with Gasteiger partial charge in [0.05, 0.1) is 18.4 Å². The lowest BCUT2D eigenvalue weighted by molar-refractivity contribution is 0.0603. The van der Waals surface area contributed by atoms with E-state index in [4.69, 9.17) is 15.0 Å². The minimum Gasteiger partial charge on any atom is -0.373 e. The molecule has 1 fully saturated rings. The van der Waals surface area contributed by atoms with Crippen molar-refractivity contribution in [2.45, 2.75) is 38.2 Å². The van der Waals surface area contributed by atoms with Gasteiger partial charge >= 0.3 is 0 Å². The zero-order valence-electron chi connectivity index (χ0n) is 16.2. The van der Waals surface area contributed by atoms with Crippen LogP contribution < -0.4 is 11.2 Å². The summed E-state index contributed by atoms with van der Waals surface area (Å²) in [6.45, 7) is 2.26. The maximum absolute atomic E-state index is 13.1. The molecule has 3 atom stereocenters. The summed E-state index contributed by atoms with van der Waals surface area (Å²) in [5.74, 6) is 0.198. The Balaban J connectivity index is 1.28. The molecule has 156 valence electrons. The standard InChI is InChI=1S/C19H20FN7O3/c1-10-16-18(28)26(19(21)24-27(16)9-22-10)7-15-23-17(25-30-15)12-6-14(29-8-12)11-2-4-13(20)5-3-11/h2-5,9,12,14,19,24H,6-8,21H2,1H3/t12-,14+,19?/m0/s1. The van der Waals surface area contributed by atoms with Crippen molar-refractivity contribution in [2.24, 2.45) is 5.73 Å². The van der Waals surface area contributed by atoms with E-state index >= 15 is 0 Å². The molecule has 0 radical (unpaired) electrons. The van der Waals surface area contributed by atoms with Crippen molar-refractivity contribution in [2.75, 3.05) is 12.0 Å². The van der Waals surface area contributed by atoms with Gasteiger partial charge < -0.3 is 9.26 Å². The highest BCUT2D eigenvalue weighted by Gasteiger charge is 2.35. The van der Waals surface area contributed by atoms with Gasteiger partial charge in [-0.05, 0) is 31.0 Å². The lowest BCUT2D eigenvalue weighted by Crippen LogP contribution is -2.57. The maximum Gasteiger partial charge on any atom is 0.277 e. The topological polar surface area (TPSA) is 124 Å². The smallest absolute Gasteiger partial charge is 0.277 e. The van der Waals surface area contributed by atoms with E-state index in [1.807, 2.05) is 0 Å². The molecular formula is C19H20FN7O3. The van der Waals surface area contributed by atoms with Crippen LogP contribution in [0.1, 0.15) is 51.9 Å². The highest BCUT2D eigenvalue weighted by molar-refractivity contribution is 5.94. The van der Waals surface area contributed by atoms with Crippen LogP contribution in [0.25, 0.3) is 0 Å². The SMILES string of the molecule is Cc1ncn2c1C(=O)N(Cc1nc([C@@H]3CO[C@@H](c4ccc(F)cc4)C3)no1)C(N)N2. The van der Waals surface area contributed by atoms with Gasteiger partial charge in [0.25, 0.3) is 5.91 Å². The number of carbonyl (C=O) groups is 1. The Morgan fingerprint density at radius 1 is 1.33 bits per heavy atom. The molecule has 10 nitrogen and oxygen atoms in total. The lowest BCUT2D eigenvalue weighted by atomic mass is 10.00. The number of hydrogen-bond acceptors (Lipinski definition) is 8. The van der Waals surface area contributed by atoms with Gasteiger partial charge in [-0.1, -0.05) is 17.3 Å². The number of halogens is 1. The van der Waals surface area contributed by atoms with E-state index in [1.165, 1.54) is 28.0 Å². The zero-order chi connectivity index (χ0) is 20.8. The number of benzene rings is 1. The number of fused-ring (bicyclic) bond motifs is 1. The molecule has 4 heterocycles. The number of rotatable bonds is 4. The molecule has 0 bridgehead atoms. The Labute approximate surface area is 170 Å². The normalized spacial score (nSPS) is 23.5. The first kappa shape index (κ1) is 18.7. The summed E-state index contributed by atoms with van der Waals surface area (Å²) < 4.78 is 25.9. The molecule has 1 aromatic carbocycles. The molecule has 0 spiro atoms. The predicted molar refractivity (Wildman–Crippen MR) is 101 cm³/mol. The van der Waals surface area contributed by atoms with Crippen molar-refractivity contribution in [1.82, 2.24) is 24.7 Å². The summed E-state index contributed by atoms with van der Waals surface area (Å²) in [4.78, 5) is 22.8. The van der Waals surface area contributed by atoms with E-state index in [9.17, 15) is 9.18 Å². The van der Waals surface area contributed by atoms with Crippen LogP contribution in [0.2, 0.25) is 0 Å². The van der Waals surface area contributed by atoms with Crippen molar-refractivity contribution in [3.63, 3.8) is 0 Å². The summed E-state index contributed by atoms with van der Waals surface area (Å²) in [7, 11) is 0. The summed E-state index contributed by atoms with van der Waals surface area (Å²) >= 11 is 0. The van der Waals surface area contributed by atoms with Gasteiger partial charge in [0.1, 0.15) is 18.7 Å². The average molecular weight is 413 g/mol. The molecular weight excluding hydrogens is 393 g/mol. The number of carbonyl (C=O) groups excluding carboxylic acids is 1. The minimum absolute atomic E-state index is 0.0508. The quantitative estimate of drug-likeness (QED) is 0.658. The van der Waals surface area contributed by atoms with Crippen LogP contribution in [0.4, 0.5) is 4.39 Å². The molecule has 1 saturated heterocycles. The third kappa shape index (κ3) is 3.21. The molecule has 3 aromatic rings. The Morgan fingerprint density at radius 3 is 2.93 bits per heavy atom. The molecule has 2 aliphatic heterocycles. The van der Waals surface area contributed by atoms with Crippen LogP contribution in [0.5, 0.6) is 0 Å². The number of ether oxygens (including phenoxy) is 1. The van der Waals surface area contributed by atoms with E-state index in [0.29, 0.717) is 30.2 Å². The van der Waals surface area contributed by atoms with Gasteiger partial charge in [-0.2, -0.15) is 4.98 Å². The van der Waals surface area contributed by atoms with Crippen LogP contribution in [0.3, 0.4) is 0 Å². The Bertz CT molecular complexity index is 1080. The molecule has 1 unspecified atom stereocenters. The lowest BCUT2D eigenvalue weighted by Gasteiger charge is -2.34. The van der Waals surface area contributed by atoms with Gasteiger partial charge in [0.2, 0.25) is 5.89 Å². The number of aromatic nitrogens is 4. The molecule has 3 N–H and O–H groups in total. The van der Waals surface area contributed by atoms with Crippen LogP contribution in [0.15, 0.2) is 35.1 Å². The second-order valence-corrected chi connectivity index (χ2v) is 7.41. The molecule has 5 rings (SSSR count). The van der Waals surface area contributed by atoms with Crippen molar-refractivity contribution in [3.05, 3.63) is 65.1 Å². The van der Waals surface area contributed by atoms with Crippen LogP contribution in [-0.2, 0) is 11.3 Å². The van der Waals surface area contributed by atoms with Gasteiger partial charge in [0, 0.05) is 5.92 Å². The first-order chi connectivity index (χ1) is 14.5. The third-order valence-electron chi connectivity index (χ3n) is 5.41. The average Bonchev–Trinajstić information content (AvgIpc) is 3.46. The number of nitrogens with one attached hydrogen (secondary N) is 1. The molecule has 2 aromatic heterocycles. The van der Waals surface area contributed by atoms with Crippen molar-refractivity contribution < 1.29 is 18.4 Å². The number of nitrogens with zero attached hydrogens (tertiary/aromatic N) is 5. The number of aryl methyl sites for hydroxylation is 1. The summed E-state index contributed by atoms with van der Waals surface area (Å²) in [5, 5.41) is 4.07. The Kier molecular flexibility index (Phi) is 4.48. The highest BCUT2D eigenvalue weighted by Crippen LogP contribution is 2.37. The Morgan fingerprint density at radius 2 is 2.13 bits per heavy atom. The predicted octanol–water partition coefficient (Wildman–Crippen LogP) is 1.40. The van der Waals surface area contributed by atoms with Gasteiger partial charge in [0.15, 0.2) is 17.8 Å². The summed E-state index contributed by atoms with van der Waals surface area (Å²) in [5.41, 5.74) is 11.0. The number of imidazole rings is 1. The summed E-state index contributed by atoms with van der Waals surface area (Å²) in [6, 6.07) is 6.26. The van der Waals surface area contributed by atoms with E-state index in [1.54, 1.807) is 19.1 Å². The summed E-state index contributed by atoms with van der Waals surface area (Å²) in [6.07, 6.45) is 1.27. The molecule has 1 amide bonds. The van der Waals surface area contributed by atoms with Crippen molar-refractivity contribution in [1.29, 1.82) is 0 Å². The first-order valence-corrected chi connectivity index (χ1v) is 9.56. The zero-order valence-corrected chi connectivity index (χ0v) is 16.2. The van der Waals surface area contributed by atoms with Crippen molar-refractivity contribution >= 4 is 5.91 Å². The molecule has 11 heteroatoms. The second kappa shape index (κ2) is 7.18. The largest absolute Gasteiger partial charge is 0.373 e. The fourth-order valence-electron chi connectivity index (χ4n) is 3.80. The maximum atomic E-state index is 13.1. The monoisotopic (exact) mass is 413 g/mol. The van der Waals surface area contributed by atoms with E-state index in [-0.39, 0.29) is 36.2 Å².